The maximum atomic E-state index is 13.7. The largest absolute Gasteiger partial charge is 0.355 e. The van der Waals surface area contributed by atoms with E-state index in [4.69, 9.17) is 4.52 Å². The molecule has 2 aliphatic rings. The lowest BCUT2D eigenvalue weighted by molar-refractivity contribution is -0.127. The molecule has 5 rings (SSSR count). The summed E-state index contributed by atoms with van der Waals surface area (Å²) < 4.78 is 34.3. The number of rotatable bonds is 6. The molecule has 7 nitrogen and oxygen atoms in total. The Morgan fingerprint density at radius 3 is 2.65 bits per heavy atom. The van der Waals surface area contributed by atoms with Crippen LogP contribution >= 0.6 is 0 Å². The van der Waals surface area contributed by atoms with E-state index in [-0.39, 0.29) is 29.1 Å². The van der Waals surface area contributed by atoms with E-state index in [0.29, 0.717) is 25.1 Å². The minimum atomic E-state index is -3.89. The molecular weight excluding hydrogens is 486 g/mol. The molecule has 8 heteroatoms. The summed E-state index contributed by atoms with van der Waals surface area (Å²) in [6.07, 6.45) is 7.69. The summed E-state index contributed by atoms with van der Waals surface area (Å²) in [6.45, 7) is 4.16. The predicted octanol–water partition coefficient (Wildman–Crippen LogP) is 5.06. The molecule has 1 aliphatic carbocycles. The molecule has 1 aromatic heterocycles. The Labute approximate surface area is 218 Å². The van der Waals surface area contributed by atoms with Crippen LogP contribution < -0.4 is 5.32 Å². The van der Waals surface area contributed by atoms with Gasteiger partial charge in [0.25, 0.3) is 0 Å². The van der Waals surface area contributed by atoms with E-state index in [9.17, 15) is 13.2 Å². The lowest BCUT2D eigenvalue weighted by atomic mass is 9.87. The fraction of sp³-hybridized carbons (Fsp3) is 0.379. The first-order valence-electron chi connectivity index (χ1n) is 12.9. The van der Waals surface area contributed by atoms with Crippen LogP contribution in [0.15, 0.2) is 57.9 Å². The number of hydrogen-bond donors (Lipinski definition) is 1. The number of aromatic nitrogens is 1. The van der Waals surface area contributed by atoms with Gasteiger partial charge in [0.2, 0.25) is 15.9 Å². The van der Waals surface area contributed by atoms with Crippen LogP contribution in [0.4, 0.5) is 0 Å². The van der Waals surface area contributed by atoms with Crippen molar-refractivity contribution in [3.63, 3.8) is 0 Å². The average Bonchev–Trinajstić information content (AvgIpc) is 3.29. The number of piperidine rings is 1. The summed E-state index contributed by atoms with van der Waals surface area (Å²) in [5, 5.41) is 7.16. The van der Waals surface area contributed by atoms with Crippen LogP contribution in [0.5, 0.6) is 0 Å². The Morgan fingerprint density at radius 2 is 1.84 bits per heavy atom. The molecule has 1 N–H and O–H groups in total. The van der Waals surface area contributed by atoms with Crippen LogP contribution in [0.25, 0.3) is 12.2 Å². The number of hydrogen-bond acceptors (Lipinski definition) is 5. The summed E-state index contributed by atoms with van der Waals surface area (Å²) in [6, 6.07) is 16.1. The highest BCUT2D eigenvalue weighted by Gasteiger charge is 2.37. The van der Waals surface area contributed by atoms with Gasteiger partial charge in [0.1, 0.15) is 5.69 Å². The molecule has 0 saturated carbocycles. The van der Waals surface area contributed by atoms with E-state index in [1.54, 1.807) is 13.0 Å². The number of nitrogens with one attached hydrogen (secondary N) is 1. The number of fused-ring (bicyclic) bond motifs is 1. The monoisotopic (exact) mass is 519 g/mol. The molecular formula is C29H33N3O4S. The van der Waals surface area contributed by atoms with Gasteiger partial charge < -0.3 is 9.84 Å². The Morgan fingerprint density at radius 1 is 1.05 bits per heavy atom. The van der Waals surface area contributed by atoms with Gasteiger partial charge in [-0.15, -0.1) is 0 Å². The third-order valence-corrected chi connectivity index (χ3v) is 9.40. The van der Waals surface area contributed by atoms with Gasteiger partial charge in [0.05, 0.1) is 12.0 Å². The fourth-order valence-corrected chi connectivity index (χ4v) is 7.12. The minimum absolute atomic E-state index is 0.0248. The van der Waals surface area contributed by atoms with Crippen molar-refractivity contribution in [2.45, 2.75) is 56.9 Å². The molecule has 1 fully saturated rings. The van der Waals surface area contributed by atoms with Crippen LogP contribution in [-0.2, 0) is 21.2 Å². The van der Waals surface area contributed by atoms with Crippen LogP contribution in [0.1, 0.15) is 65.4 Å². The third-order valence-electron chi connectivity index (χ3n) is 7.38. The topological polar surface area (TPSA) is 92.5 Å². The van der Waals surface area contributed by atoms with Crippen molar-refractivity contribution in [3.8, 4) is 0 Å². The first-order valence-corrected chi connectivity index (χ1v) is 14.4. The van der Waals surface area contributed by atoms with Gasteiger partial charge in [-0.25, -0.2) is 8.42 Å². The molecule has 0 radical (unpaired) electrons. The van der Waals surface area contributed by atoms with Gasteiger partial charge in [0, 0.05) is 13.1 Å². The van der Waals surface area contributed by atoms with Crippen molar-refractivity contribution in [1.82, 2.24) is 14.8 Å². The molecule has 1 saturated heterocycles. The molecule has 2 atom stereocenters. The molecule has 37 heavy (non-hydrogen) atoms. The number of nitrogens with zero attached hydrogens (tertiary/aromatic N) is 2. The molecule has 0 bridgehead atoms. The lowest BCUT2D eigenvalue weighted by Crippen LogP contribution is -2.46. The molecule has 2 aromatic carbocycles. The van der Waals surface area contributed by atoms with Crippen molar-refractivity contribution in [1.29, 1.82) is 0 Å². The molecule has 194 valence electrons. The molecule has 1 amide bonds. The van der Waals surface area contributed by atoms with Gasteiger partial charge in [-0.05, 0) is 68.7 Å². The van der Waals surface area contributed by atoms with Crippen molar-refractivity contribution >= 4 is 28.1 Å². The standard InChI is InChI=1S/C29H33N3O4S/c1-20-12-14-22(15-13-20)16-17-27-28(21(2)31-36-27)37(34,35)32-18-6-9-24(19-32)29(33)30-26-11-5-8-23-7-3-4-10-25(23)26/h3-4,7,10,12-17,24,26H,5-6,8-9,11,18-19H2,1-2H3,(H,30,33)/b17-16+/t24-,26-/m0/s1. The van der Waals surface area contributed by atoms with Crippen molar-refractivity contribution in [2.24, 2.45) is 5.92 Å². The van der Waals surface area contributed by atoms with Crippen LogP contribution in [-0.4, -0.2) is 36.9 Å². The zero-order valence-electron chi connectivity index (χ0n) is 21.3. The summed E-state index contributed by atoms with van der Waals surface area (Å²) >= 11 is 0. The summed E-state index contributed by atoms with van der Waals surface area (Å²) in [5.74, 6) is -0.282. The normalized spacial score (nSPS) is 20.6. The Hall–Kier alpha value is -3.23. The van der Waals surface area contributed by atoms with E-state index < -0.39 is 15.9 Å². The highest BCUT2D eigenvalue weighted by Crippen LogP contribution is 2.32. The van der Waals surface area contributed by atoms with E-state index >= 15 is 0 Å². The highest BCUT2D eigenvalue weighted by molar-refractivity contribution is 7.89. The second-order valence-corrected chi connectivity index (χ2v) is 11.9. The van der Waals surface area contributed by atoms with Gasteiger partial charge >= 0.3 is 0 Å². The molecule has 2 heterocycles. The quantitative estimate of drug-likeness (QED) is 0.492. The van der Waals surface area contributed by atoms with Gasteiger partial charge in [-0.2, -0.15) is 4.31 Å². The first-order chi connectivity index (χ1) is 17.8. The van der Waals surface area contributed by atoms with E-state index in [2.05, 4.69) is 22.6 Å². The minimum Gasteiger partial charge on any atom is -0.355 e. The van der Waals surface area contributed by atoms with Gasteiger partial charge in [-0.3, -0.25) is 4.79 Å². The number of carbonyl (C=O) groups is 1. The number of aryl methyl sites for hydroxylation is 3. The molecule has 0 spiro atoms. The molecule has 3 aromatic rings. The number of amides is 1. The van der Waals surface area contributed by atoms with Crippen molar-refractivity contribution in [2.75, 3.05) is 13.1 Å². The lowest BCUT2D eigenvalue weighted by Gasteiger charge is -2.33. The predicted molar refractivity (Wildman–Crippen MR) is 143 cm³/mol. The Balaban J connectivity index is 1.32. The summed E-state index contributed by atoms with van der Waals surface area (Å²) in [5.41, 5.74) is 4.84. The maximum Gasteiger partial charge on any atom is 0.248 e. The van der Waals surface area contributed by atoms with E-state index in [0.717, 1.165) is 30.4 Å². The first kappa shape index (κ1) is 25.4. The van der Waals surface area contributed by atoms with Gasteiger partial charge in [-0.1, -0.05) is 65.3 Å². The van der Waals surface area contributed by atoms with Crippen LogP contribution in [0.2, 0.25) is 0 Å². The number of carbonyl (C=O) groups excluding carboxylic acids is 1. The molecule has 0 unspecified atom stereocenters. The Kier molecular flexibility index (Phi) is 7.31. The van der Waals surface area contributed by atoms with Crippen LogP contribution in [0, 0.1) is 19.8 Å². The number of benzene rings is 2. The Bertz CT molecular complexity index is 1410. The second-order valence-electron chi connectivity index (χ2n) is 10.1. The second kappa shape index (κ2) is 10.6. The summed E-state index contributed by atoms with van der Waals surface area (Å²) in [4.78, 5) is 13.3. The number of sulfonamides is 1. The van der Waals surface area contributed by atoms with E-state index in [1.165, 1.54) is 15.4 Å². The van der Waals surface area contributed by atoms with Crippen molar-refractivity contribution in [3.05, 3.63) is 82.2 Å². The fourth-order valence-electron chi connectivity index (χ4n) is 5.35. The van der Waals surface area contributed by atoms with E-state index in [1.807, 2.05) is 49.4 Å². The summed E-state index contributed by atoms with van der Waals surface area (Å²) in [7, 11) is -3.89. The smallest absolute Gasteiger partial charge is 0.248 e. The zero-order valence-corrected chi connectivity index (χ0v) is 22.1. The highest BCUT2D eigenvalue weighted by atomic mass is 32.2. The van der Waals surface area contributed by atoms with Gasteiger partial charge in [0.15, 0.2) is 10.7 Å². The average molecular weight is 520 g/mol. The third kappa shape index (κ3) is 5.40. The zero-order chi connectivity index (χ0) is 26.0. The molecule has 1 aliphatic heterocycles. The SMILES string of the molecule is Cc1ccc(/C=C/c2onc(C)c2S(=O)(=O)N2CCC[C@H](C(=O)N[C@H]3CCCc4ccccc43)C2)cc1. The van der Waals surface area contributed by atoms with Crippen molar-refractivity contribution < 1.29 is 17.7 Å². The maximum absolute atomic E-state index is 13.7. The van der Waals surface area contributed by atoms with Crippen LogP contribution in [0.3, 0.4) is 0 Å².